The largest absolute Gasteiger partial charge is 0.505 e. The van der Waals surface area contributed by atoms with E-state index in [0.717, 1.165) is 11.3 Å². The minimum Gasteiger partial charge on any atom is -0.505 e. The number of aromatic hydroxyl groups is 1. The molecular weight excluding hydrogens is 450 g/mol. The molecule has 4 N–H and O–H groups in total. The van der Waals surface area contributed by atoms with Crippen molar-refractivity contribution in [1.29, 1.82) is 0 Å². The molecule has 1 atom stereocenters. The lowest BCUT2D eigenvalue weighted by atomic mass is 9.97. The number of hydrogen-bond acceptors (Lipinski definition) is 10. The third kappa shape index (κ3) is 2.77. The topological polar surface area (TPSA) is 156 Å². The Balaban J connectivity index is 1.63. The number of carboxylic acids is 1. The number of para-hydroxylation sites is 1. The Morgan fingerprint density at radius 1 is 1.09 bits per heavy atom. The summed E-state index contributed by atoms with van der Waals surface area (Å²) in [6.45, 7) is -0.0922. The predicted molar refractivity (Wildman–Crippen MR) is 115 cm³/mol. The van der Waals surface area contributed by atoms with Crippen LogP contribution in [0.1, 0.15) is 16.1 Å². The van der Waals surface area contributed by atoms with Crippen LogP contribution in [0.3, 0.4) is 0 Å². The number of carbonyl (C=O) groups is 2. The number of phenolic OH excluding ortho intramolecular Hbond substituents is 1. The molecule has 0 spiro atoms. The summed E-state index contributed by atoms with van der Waals surface area (Å²) in [4.78, 5) is 30.3. The monoisotopic (exact) mass is 463 g/mol. The first kappa shape index (κ1) is 19.3. The van der Waals surface area contributed by atoms with Gasteiger partial charge in [0.25, 0.3) is 5.91 Å². The first-order valence-electron chi connectivity index (χ1n) is 9.66. The second-order valence-corrected chi connectivity index (χ2v) is 8.29. The highest BCUT2D eigenvalue weighted by atomic mass is 32.1. The molecule has 2 aliphatic rings. The van der Waals surface area contributed by atoms with Crippen molar-refractivity contribution < 1.29 is 29.3 Å². The number of nitrogens with zero attached hydrogens (tertiary/aromatic N) is 3. The van der Waals surface area contributed by atoms with Gasteiger partial charge in [-0.3, -0.25) is 4.79 Å². The Kier molecular flexibility index (Phi) is 3.95. The number of nitrogens with one attached hydrogen (secondary N) is 2. The van der Waals surface area contributed by atoms with Gasteiger partial charge in [0.05, 0.1) is 11.1 Å². The van der Waals surface area contributed by atoms with Crippen LogP contribution in [0.5, 0.6) is 17.2 Å². The molecule has 1 amide bonds. The Morgan fingerprint density at radius 3 is 2.79 bits per heavy atom. The zero-order valence-electron chi connectivity index (χ0n) is 16.5. The molecule has 11 nitrogen and oxygen atoms in total. The normalized spacial score (nSPS) is 18.5. The first-order valence-corrected chi connectivity index (χ1v) is 10.5. The number of fused-ring (bicyclic) bond motifs is 6. The minimum absolute atomic E-state index is 0.0865. The zero-order valence-corrected chi connectivity index (χ0v) is 17.3. The maximum Gasteiger partial charge on any atom is 0.355 e. The van der Waals surface area contributed by atoms with Crippen LogP contribution in [-0.2, 0) is 10.5 Å². The summed E-state index contributed by atoms with van der Waals surface area (Å²) >= 11 is 1.01. The summed E-state index contributed by atoms with van der Waals surface area (Å²) in [5, 5.41) is 35.7. The van der Waals surface area contributed by atoms with E-state index in [0.29, 0.717) is 21.7 Å². The summed E-state index contributed by atoms with van der Waals surface area (Å²) in [6, 6.07) is 11.2. The fraction of sp³-hybridized carbons (Fsp3) is 0.0952. The van der Waals surface area contributed by atoms with E-state index in [1.165, 1.54) is 12.1 Å². The van der Waals surface area contributed by atoms with Gasteiger partial charge in [-0.2, -0.15) is 0 Å². The standard InChI is InChI=1S/C21H13N5O6S/c27-15-10-6-4-9-5-7-12(22-14(9)15)17(28)23-21(19(29)30,24-20-26-25-18(10)33-20)11-2-1-3-13-16(11)32-8-31-13/h1-7,27H,8H2,(H,23,28)(H,24,26)(H,29,30)/t21-/m0/s1. The summed E-state index contributed by atoms with van der Waals surface area (Å²) in [5.74, 6) is -1.85. The fourth-order valence-corrected chi connectivity index (χ4v) is 4.69. The second kappa shape index (κ2) is 6.77. The lowest BCUT2D eigenvalue weighted by Gasteiger charge is -2.32. The highest BCUT2D eigenvalue weighted by Crippen LogP contribution is 2.43. The molecular formula is C21H13N5O6S. The number of ether oxygens (including phenoxy) is 2. The van der Waals surface area contributed by atoms with E-state index < -0.39 is 17.5 Å². The van der Waals surface area contributed by atoms with Gasteiger partial charge in [0.1, 0.15) is 11.2 Å². The van der Waals surface area contributed by atoms with Gasteiger partial charge in [0.15, 0.2) is 22.3 Å². The molecule has 0 unspecified atom stereocenters. The van der Waals surface area contributed by atoms with Crippen LogP contribution in [0.2, 0.25) is 0 Å². The number of hydrogen-bond donors (Lipinski definition) is 4. The van der Waals surface area contributed by atoms with Crippen LogP contribution in [0.25, 0.3) is 21.5 Å². The van der Waals surface area contributed by atoms with Crippen molar-refractivity contribution in [1.82, 2.24) is 20.5 Å². The lowest BCUT2D eigenvalue weighted by Crippen LogP contribution is -2.57. The maximum atomic E-state index is 13.3. The first-order chi connectivity index (χ1) is 16.0. The number of aromatic nitrogens is 3. The van der Waals surface area contributed by atoms with Crippen molar-refractivity contribution in [2.45, 2.75) is 5.66 Å². The van der Waals surface area contributed by atoms with E-state index in [1.807, 2.05) is 0 Å². The van der Waals surface area contributed by atoms with Crippen LogP contribution >= 0.6 is 11.3 Å². The fourth-order valence-electron chi connectivity index (χ4n) is 3.86. The molecule has 0 saturated carbocycles. The van der Waals surface area contributed by atoms with Crippen molar-refractivity contribution in [3.63, 3.8) is 0 Å². The van der Waals surface area contributed by atoms with Crippen LogP contribution < -0.4 is 20.1 Å². The summed E-state index contributed by atoms with van der Waals surface area (Å²) in [5.41, 5.74) is -1.63. The van der Waals surface area contributed by atoms with Gasteiger partial charge in [-0.25, -0.2) is 9.78 Å². The van der Waals surface area contributed by atoms with Gasteiger partial charge < -0.3 is 30.3 Å². The van der Waals surface area contributed by atoms with Gasteiger partial charge >= 0.3 is 5.97 Å². The van der Waals surface area contributed by atoms with Crippen molar-refractivity contribution in [2.24, 2.45) is 0 Å². The van der Waals surface area contributed by atoms with Gasteiger partial charge in [-0.1, -0.05) is 35.6 Å². The molecule has 2 aromatic carbocycles. The average Bonchev–Trinajstić information content (AvgIpc) is 3.47. The molecule has 12 heteroatoms. The third-order valence-corrected chi connectivity index (χ3v) is 6.31. The number of aliphatic carboxylic acids is 1. The molecule has 0 aliphatic carbocycles. The molecule has 2 aliphatic heterocycles. The number of rotatable bonds is 2. The molecule has 33 heavy (non-hydrogen) atoms. The van der Waals surface area contributed by atoms with Crippen LogP contribution in [0.15, 0.2) is 42.5 Å². The molecule has 2 aromatic heterocycles. The number of carboxylic acid groups (broad SMARTS) is 1. The SMILES string of the molecule is O=C1N[C@@](C(=O)O)(c2cccc3c2OCO3)Nc2nnc(s2)-c2ccc3ccc1nc3c2O. The second-order valence-electron chi connectivity index (χ2n) is 7.32. The number of pyridine rings is 1. The van der Waals surface area contributed by atoms with E-state index in [1.54, 1.807) is 30.3 Å². The van der Waals surface area contributed by atoms with E-state index in [4.69, 9.17) is 9.47 Å². The van der Waals surface area contributed by atoms with E-state index >= 15 is 0 Å². The molecule has 0 radical (unpaired) electrons. The molecule has 0 saturated heterocycles. The molecule has 164 valence electrons. The van der Waals surface area contributed by atoms with Gasteiger partial charge in [-0.15, -0.1) is 10.2 Å². The Hall–Kier alpha value is -4.45. The molecule has 0 fully saturated rings. The Bertz CT molecular complexity index is 1490. The minimum atomic E-state index is -2.20. The number of anilines is 1. The molecule has 4 aromatic rings. The van der Waals surface area contributed by atoms with E-state index in [2.05, 4.69) is 25.8 Å². The van der Waals surface area contributed by atoms with E-state index in [9.17, 15) is 19.8 Å². The average molecular weight is 463 g/mol. The van der Waals surface area contributed by atoms with E-state index in [-0.39, 0.29) is 40.2 Å². The van der Waals surface area contributed by atoms with Crippen molar-refractivity contribution in [3.05, 3.63) is 53.7 Å². The van der Waals surface area contributed by atoms with Crippen molar-refractivity contribution in [2.75, 3.05) is 12.1 Å². The predicted octanol–water partition coefficient (Wildman–Crippen LogP) is 2.28. The summed E-state index contributed by atoms with van der Waals surface area (Å²) in [7, 11) is 0. The maximum absolute atomic E-state index is 13.3. The van der Waals surface area contributed by atoms with Crippen LogP contribution in [0, 0.1) is 0 Å². The molecule has 5 bridgehead atoms. The van der Waals surface area contributed by atoms with Gasteiger partial charge in [0, 0.05) is 5.39 Å². The number of benzene rings is 2. The highest BCUT2D eigenvalue weighted by Gasteiger charge is 2.47. The Labute approximate surface area is 188 Å². The third-order valence-electron chi connectivity index (χ3n) is 5.44. The zero-order chi connectivity index (χ0) is 22.7. The van der Waals surface area contributed by atoms with Crippen molar-refractivity contribution in [3.8, 4) is 27.8 Å². The summed E-state index contributed by atoms with van der Waals surface area (Å²) < 4.78 is 10.9. The van der Waals surface area contributed by atoms with Gasteiger partial charge in [0.2, 0.25) is 17.6 Å². The Morgan fingerprint density at radius 2 is 1.94 bits per heavy atom. The molecule has 4 heterocycles. The lowest BCUT2D eigenvalue weighted by molar-refractivity contribution is -0.143. The quantitative estimate of drug-likeness (QED) is 0.348. The van der Waals surface area contributed by atoms with Crippen LogP contribution in [-0.4, -0.2) is 44.1 Å². The van der Waals surface area contributed by atoms with Crippen LogP contribution in [0.4, 0.5) is 5.13 Å². The number of amides is 1. The highest BCUT2D eigenvalue weighted by molar-refractivity contribution is 7.18. The smallest absolute Gasteiger partial charge is 0.355 e. The number of phenols is 1. The summed E-state index contributed by atoms with van der Waals surface area (Å²) in [6.07, 6.45) is 0. The van der Waals surface area contributed by atoms with Gasteiger partial charge in [-0.05, 0) is 18.2 Å². The van der Waals surface area contributed by atoms with Crippen molar-refractivity contribution >= 4 is 39.2 Å². The number of carbonyl (C=O) groups excluding carboxylic acids is 1. The molecule has 6 rings (SSSR count).